The zero-order chi connectivity index (χ0) is 2.71. The number of hydrogen-bond donors (Lipinski definition) is 0. The van der Waals surface area contributed by atoms with E-state index in [0.29, 0.717) is 0 Å². The third-order valence-corrected chi connectivity index (χ3v) is 0. The molecule has 0 bridgehead atoms. The standard InChI is InChI=1S/Cu.2HI.Zn/h;2*1H;/q+2;;;/p-2. The van der Waals surface area contributed by atoms with E-state index in [4.69, 9.17) is 0 Å². The second-order valence-electron chi connectivity index (χ2n) is 0.0431. The molecule has 0 radical (unpaired) electrons. The summed E-state index contributed by atoms with van der Waals surface area (Å²) in [5.41, 5.74) is 0. The quantitative estimate of drug-likeness (QED) is 0.442. The largest absolute Gasteiger partial charge is 0 e. The molecule has 0 spiro atoms. The molecule has 0 fully saturated rings. The van der Waals surface area contributed by atoms with E-state index in [2.05, 4.69) is 40.7 Å². The van der Waals surface area contributed by atoms with Crippen LogP contribution in [0.2, 0.25) is 0 Å². The van der Waals surface area contributed by atoms with Crippen molar-refractivity contribution in [2.24, 2.45) is 0 Å². The number of hydrogen-bond acceptors (Lipinski definition) is 0. The van der Waals surface area contributed by atoms with E-state index in [1.54, 1.807) is 8.46 Å². The first-order valence-electron chi connectivity index (χ1n) is 0.228. The van der Waals surface area contributed by atoms with E-state index in [1.807, 2.05) is 0 Å². The Balaban J connectivity index is 0. The molecule has 0 heterocycles. The molecule has 0 atom stereocenters. The molecule has 27 valence electrons. The van der Waals surface area contributed by atoms with Crippen molar-refractivity contribution in [3.8, 4) is 0 Å². The van der Waals surface area contributed by atoms with Gasteiger partial charge in [0, 0.05) is 19.5 Å². The van der Waals surface area contributed by atoms with Crippen molar-refractivity contribution in [3.05, 3.63) is 0 Å². The molecule has 0 N–H and O–H groups in total. The van der Waals surface area contributed by atoms with Crippen LogP contribution in [0.1, 0.15) is 0 Å². The van der Waals surface area contributed by atoms with Crippen LogP contribution in [0.15, 0.2) is 0 Å². The topological polar surface area (TPSA) is 0 Å². The Hall–Kier alpha value is 2.60. The van der Waals surface area contributed by atoms with Crippen LogP contribution in [0.3, 0.4) is 0 Å². The molecule has 0 aliphatic rings. The molecule has 0 unspecified atom stereocenters. The molecule has 0 amide bonds. The van der Waals surface area contributed by atoms with Gasteiger partial charge >= 0.3 is 49.1 Å². The van der Waals surface area contributed by atoms with Gasteiger partial charge in [-0.3, -0.25) is 0 Å². The van der Waals surface area contributed by atoms with E-state index in [-0.39, 0.29) is 19.5 Å². The summed E-state index contributed by atoms with van der Waals surface area (Å²) in [6.07, 6.45) is 0. The Labute approximate surface area is 67.3 Å². The maximum atomic E-state index is 2.18. The van der Waals surface area contributed by atoms with E-state index < -0.39 is 0 Å². The smallest absolute Gasteiger partial charge is 0 e. The predicted octanol–water partition coefficient (Wildman–Crippen LogP) is 1.77. The van der Waals surface area contributed by atoms with Crippen LogP contribution in [0, 0.1) is 0 Å². The predicted molar refractivity (Wildman–Crippen MR) is 28.0 cm³/mol. The van der Waals surface area contributed by atoms with Crippen molar-refractivity contribution in [3.63, 3.8) is 0 Å². The Morgan fingerprint density at radius 3 is 1.25 bits per heavy atom. The van der Waals surface area contributed by atoms with Gasteiger partial charge in [-0.05, 0) is 0 Å². The summed E-state index contributed by atoms with van der Waals surface area (Å²) in [4.78, 5) is 0. The van der Waals surface area contributed by atoms with Gasteiger partial charge in [0.2, 0.25) is 0 Å². The fourth-order valence-electron chi connectivity index (χ4n) is 0. The molecule has 0 aliphatic carbocycles. The molecule has 0 aromatic heterocycles. The van der Waals surface area contributed by atoms with Crippen molar-refractivity contribution in [2.45, 2.75) is 0 Å². The van der Waals surface area contributed by atoms with Crippen LogP contribution in [0.5, 0.6) is 0 Å². The molecule has 0 aliphatic heterocycles. The van der Waals surface area contributed by atoms with Crippen molar-refractivity contribution < 1.29 is 27.9 Å². The maximum Gasteiger partial charge on any atom is 0 e. The van der Waals surface area contributed by atoms with Gasteiger partial charge in [-0.25, -0.2) is 0 Å². The van der Waals surface area contributed by atoms with Crippen molar-refractivity contribution in [1.82, 2.24) is 0 Å². The maximum absolute atomic E-state index is 2.18. The average molecular weight is 383 g/mol. The first kappa shape index (κ1) is 9.78. The van der Waals surface area contributed by atoms with Gasteiger partial charge in [0.05, 0.1) is 0 Å². The Bertz CT molecular complexity index is 6.00. The minimum absolute atomic E-state index is 0. The van der Waals surface area contributed by atoms with Crippen LogP contribution >= 0.6 is 40.7 Å². The fourth-order valence-corrected chi connectivity index (χ4v) is 0. The van der Waals surface area contributed by atoms with E-state index in [9.17, 15) is 0 Å². The summed E-state index contributed by atoms with van der Waals surface area (Å²) >= 11 is 4.36. The molecular weight excluding hydrogens is 383 g/mol. The molecule has 0 rings (SSSR count). The van der Waals surface area contributed by atoms with Gasteiger partial charge in [-0.1, -0.05) is 0 Å². The molecule has 0 nitrogen and oxygen atoms in total. The normalized spacial score (nSPS) is 5.50. The molecule has 0 saturated heterocycles. The summed E-state index contributed by atoms with van der Waals surface area (Å²) in [6, 6.07) is 0. The summed E-state index contributed by atoms with van der Waals surface area (Å²) in [5, 5.41) is 0. The molecule has 4 heteroatoms. The van der Waals surface area contributed by atoms with Crippen molar-refractivity contribution in [2.75, 3.05) is 0 Å². The van der Waals surface area contributed by atoms with Crippen molar-refractivity contribution >= 4 is 40.7 Å². The van der Waals surface area contributed by atoms with Gasteiger partial charge in [0.15, 0.2) is 0 Å². The minimum Gasteiger partial charge on any atom is 0 e. The second-order valence-corrected chi connectivity index (χ2v) is 7.99. The fraction of sp³-hybridized carbons (Fsp3) is 0. The number of halogens is 2. The van der Waals surface area contributed by atoms with E-state index in [0.717, 1.165) is 0 Å². The number of rotatable bonds is 0. The van der Waals surface area contributed by atoms with E-state index in [1.165, 1.54) is 0 Å². The monoisotopic (exact) mass is 381 g/mol. The average Bonchev–Trinajstić information content (AvgIpc) is 0.918. The van der Waals surface area contributed by atoms with Crippen LogP contribution in [0.4, 0.5) is 0 Å². The second kappa shape index (κ2) is 9.14. The van der Waals surface area contributed by atoms with Gasteiger partial charge in [-0.15, -0.1) is 0 Å². The van der Waals surface area contributed by atoms with Crippen molar-refractivity contribution in [1.29, 1.82) is 0 Å². The molecule has 0 saturated carbocycles. The van der Waals surface area contributed by atoms with Crippen LogP contribution in [-0.2, 0) is 27.9 Å². The Kier molecular flexibility index (Phi) is 22.4. The zero-order valence-electron chi connectivity index (χ0n) is 1.76. The first-order chi connectivity index (χ1) is 1.41. The Morgan fingerprint density at radius 2 is 1.25 bits per heavy atom. The third kappa shape index (κ3) is 8.82. The summed E-state index contributed by atoms with van der Waals surface area (Å²) < 4.78 is 0. The van der Waals surface area contributed by atoms with Gasteiger partial charge in [0.1, 0.15) is 0 Å². The molecule has 0 aromatic rings. The zero-order valence-corrected chi connectivity index (χ0v) is 9.99. The molecular formula is CuI2Zn. The third-order valence-electron chi connectivity index (χ3n) is 0. The summed E-state index contributed by atoms with van der Waals surface area (Å²) in [6.45, 7) is 0. The Morgan fingerprint density at radius 1 is 1.25 bits per heavy atom. The van der Waals surface area contributed by atoms with Gasteiger partial charge in [-0.2, -0.15) is 0 Å². The first-order valence-corrected chi connectivity index (χ1v) is 6.30. The minimum atomic E-state index is 0. The summed E-state index contributed by atoms with van der Waals surface area (Å²) in [5.74, 6) is 0. The summed E-state index contributed by atoms with van der Waals surface area (Å²) in [7, 11) is 1.75. The van der Waals surface area contributed by atoms with Crippen LogP contribution in [-0.4, -0.2) is 0 Å². The van der Waals surface area contributed by atoms with Gasteiger partial charge in [0.25, 0.3) is 0 Å². The van der Waals surface area contributed by atoms with E-state index >= 15 is 0 Å². The SMILES string of the molecule is [I][Cu][I].[Zn]. The molecule has 4 heavy (non-hydrogen) atoms. The molecule has 0 aromatic carbocycles. The van der Waals surface area contributed by atoms with Gasteiger partial charge < -0.3 is 0 Å². The van der Waals surface area contributed by atoms with Crippen LogP contribution in [0.25, 0.3) is 0 Å². The van der Waals surface area contributed by atoms with Crippen LogP contribution < -0.4 is 0 Å².